The van der Waals surface area contributed by atoms with Gasteiger partial charge in [0.2, 0.25) is 0 Å². The Bertz CT molecular complexity index is 416. The fourth-order valence-corrected chi connectivity index (χ4v) is 3.01. The van der Waals surface area contributed by atoms with Crippen molar-refractivity contribution in [2.45, 2.75) is 32.3 Å². The van der Waals surface area contributed by atoms with Gasteiger partial charge in [-0.1, -0.05) is 41.1 Å². The monoisotopic (exact) mass is 296 g/mol. The van der Waals surface area contributed by atoms with Gasteiger partial charge in [-0.25, -0.2) is 0 Å². The summed E-state index contributed by atoms with van der Waals surface area (Å²) in [5.74, 6) is 0.485. The van der Waals surface area contributed by atoms with Crippen LogP contribution in [-0.2, 0) is 4.79 Å². The van der Waals surface area contributed by atoms with E-state index < -0.39 is 6.10 Å². The van der Waals surface area contributed by atoms with E-state index >= 15 is 0 Å². The first kappa shape index (κ1) is 12.8. The Morgan fingerprint density at radius 1 is 1.41 bits per heavy atom. The molecule has 1 aromatic rings. The Labute approximate surface area is 110 Å². The van der Waals surface area contributed by atoms with Crippen LogP contribution >= 0.6 is 15.9 Å². The summed E-state index contributed by atoms with van der Waals surface area (Å²) < 4.78 is 0.874. The largest absolute Gasteiger partial charge is 0.388 e. The second-order valence-electron chi connectivity index (χ2n) is 4.92. The minimum absolute atomic E-state index is 0.200. The molecule has 92 valence electrons. The van der Waals surface area contributed by atoms with Crippen molar-refractivity contribution in [3.63, 3.8) is 0 Å². The number of hydrogen-bond donors (Lipinski definition) is 1. The molecule has 1 aliphatic carbocycles. The van der Waals surface area contributed by atoms with Crippen LogP contribution in [0.5, 0.6) is 0 Å². The lowest BCUT2D eigenvalue weighted by atomic mass is 9.77. The topological polar surface area (TPSA) is 37.3 Å². The maximum atomic E-state index is 11.9. The zero-order chi connectivity index (χ0) is 12.4. The molecule has 0 aromatic heterocycles. The fraction of sp³-hybridized carbons (Fsp3) is 0.500. The third-order valence-electron chi connectivity index (χ3n) is 3.56. The van der Waals surface area contributed by atoms with Crippen molar-refractivity contribution in [1.82, 2.24) is 0 Å². The van der Waals surface area contributed by atoms with Crippen molar-refractivity contribution < 1.29 is 9.90 Å². The van der Waals surface area contributed by atoms with Crippen molar-refractivity contribution in [2.24, 2.45) is 11.8 Å². The van der Waals surface area contributed by atoms with Crippen LogP contribution in [0.1, 0.15) is 37.9 Å². The molecule has 0 spiro atoms. The third-order valence-corrected chi connectivity index (χ3v) is 4.28. The lowest BCUT2D eigenvalue weighted by Crippen LogP contribution is -2.29. The van der Waals surface area contributed by atoms with Crippen molar-refractivity contribution in [2.75, 3.05) is 0 Å². The normalized spacial score (nSPS) is 26.9. The zero-order valence-electron chi connectivity index (χ0n) is 9.90. The molecule has 0 aliphatic heterocycles. The summed E-state index contributed by atoms with van der Waals surface area (Å²) in [6.45, 7) is 2.15. The minimum Gasteiger partial charge on any atom is -0.388 e. The Hall–Kier alpha value is -0.670. The summed E-state index contributed by atoms with van der Waals surface area (Å²) in [4.78, 5) is 11.9. The number of carbonyl (C=O) groups is 1. The van der Waals surface area contributed by atoms with Crippen LogP contribution in [0.15, 0.2) is 28.7 Å². The van der Waals surface area contributed by atoms with Crippen LogP contribution in [0.4, 0.5) is 0 Å². The highest BCUT2D eigenvalue weighted by molar-refractivity contribution is 9.10. The summed E-state index contributed by atoms with van der Waals surface area (Å²) in [5, 5.41) is 10.4. The number of carbonyl (C=O) groups excluding carboxylic acids is 1. The van der Waals surface area contributed by atoms with Crippen LogP contribution in [-0.4, -0.2) is 10.9 Å². The zero-order valence-corrected chi connectivity index (χ0v) is 11.5. The van der Waals surface area contributed by atoms with E-state index in [0.29, 0.717) is 12.3 Å². The van der Waals surface area contributed by atoms with Gasteiger partial charge in [-0.3, -0.25) is 4.79 Å². The van der Waals surface area contributed by atoms with Gasteiger partial charge in [0.1, 0.15) is 5.78 Å². The molecule has 1 saturated carbocycles. The maximum Gasteiger partial charge on any atom is 0.138 e. The SMILES string of the molecule is CC1CCC(=O)C([C@H](O)c2ccccc2Br)C1. The molecule has 0 radical (unpaired) electrons. The minimum atomic E-state index is -0.680. The average Bonchev–Trinajstić information content (AvgIpc) is 2.32. The molecule has 2 unspecified atom stereocenters. The highest BCUT2D eigenvalue weighted by Gasteiger charge is 2.33. The predicted octanol–water partition coefficient (Wildman–Crippen LogP) is 3.49. The van der Waals surface area contributed by atoms with Gasteiger partial charge >= 0.3 is 0 Å². The molecule has 0 bridgehead atoms. The van der Waals surface area contributed by atoms with E-state index in [1.807, 2.05) is 24.3 Å². The van der Waals surface area contributed by atoms with E-state index in [-0.39, 0.29) is 11.7 Å². The van der Waals surface area contributed by atoms with E-state index in [0.717, 1.165) is 22.9 Å². The molecule has 2 nitrogen and oxygen atoms in total. The van der Waals surface area contributed by atoms with Gasteiger partial charge in [0, 0.05) is 16.8 Å². The Morgan fingerprint density at radius 2 is 2.12 bits per heavy atom. The van der Waals surface area contributed by atoms with E-state index in [9.17, 15) is 9.90 Å². The van der Waals surface area contributed by atoms with Crippen molar-refractivity contribution in [1.29, 1.82) is 0 Å². The second kappa shape index (κ2) is 5.32. The number of halogens is 1. The van der Waals surface area contributed by atoms with Crippen LogP contribution in [0, 0.1) is 11.8 Å². The molecule has 1 aromatic carbocycles. The van der Waals surface area contributed by atoms with Gasteiger partial charge in [0.05, 0.1) is 6.10 Å². The molecule has 3 atom stereocenters. The predicted molar refractivity (Wildman–Crippen MR) is 70.6 cm³/mol. The first-order chi connectivity index (χ1) is 8.09. The van der Waals surface area contributed by atoms with Gasteiger partial charge in [-0.2, -0.15) is 0 Å². The van der Waals surface area contributed by atoms with E-state index in [1.165, 1.54) is 0 Å². The van der Waals surface area contributed by atoms with Crippen LogP contribution in [0.2, 0.25) is 0 Å². The summed E-state index contributed by atoms with van der Waals surface area (Å²) in [5.41, 5.74) is 0.819. The first-order valence-corrected chi connectivity index (χ1v) is 6.84. The summed E-state index contributed by atoms with van der Waals surface area (Å²) in [6.07, 6.45) is 1.67. The fourth-order valence-electron chi connectivity index (χ4n) is 2.49. The van der Waals surface area contributed by atoms with E-state index in [4.69, 9.17) is 0 Å². The number of hydrogen-bond acceptors (Lipinski definition) is 2. The molecule has 2 rings (SSSR count). The molecule has 0 heterocycles. The van der Waals surface area contributed by atoms with Crippen LogP contribution < -0.4 is 0 Å². The van der Waals surface area contributed by atoms with Crippen molar-refractivity contribution >= 4 is 21.7 Å². The molecule has 1 aliphatic rings. The van der Waals surface area contributed by atoms with Gasteiger partial charge < -0.3 is 5.11 Å². The number of Topliss-reactive ketones (excluding diaryl/α,β-unsaturated/α-hetero) is 1. The van der Waals surface area contributed by atoms with Crippen LogP contribution in [0.25, 0.3) is 0 Å². The van der Waals surface area contributed by atoms with E-state index in [1.54, 1.807) is 0 Å². The smallest absolute Gasteiger partial charge is 0.138 e. The maximum absolute atomic E-state index is 11.9. The Kier molecular flexibility index (Phi) is 4.00. The van der Waals surface area contributed by atoms with Crippen molar-refractivity contribution in [3.05, 3.63) is 34.3 Å². The highest BCUT2D eigenvalue weighted by Crippen LogP contribution is 2.37. The van der Waals surface area contributed by atoms with Crippen molar-refractivity contribution in [3.8, 4) is 0 Å². The average molecular weight is 297 g/mol. The molecule has 17 heavy (non-hydrogen) atoms. The van der Waals surface area contributed by atoms with Gasteiger partial charge in [-0.05, 0) is 30.4 Å². The van der Waals surface area contributed by atoms with Gasteiger partial charge in [0.25, 0.3) is 0 Å². The third kappa shape index (κ3) is 2.78. The Balaban J connectivity index is 2.22. The molecule has 1 N–H and O–H groups in total. The first-order valence-electron chi connectivity index (χ1n) is 6.04. The molecular formula is C14H17BrO2. The standard InChI is InChI=1S/C14H17BrO2/c1-9-6-7-13(16)11(8-9)14(17)10-4-2-3-5-12(10)15/h2-5,9,11,14,17H,6-8H2,1H3/t9?,11?,14-/m1/s1. The number of ketones is 1. The lowest BCUT2D eigenvalue weighted by Gasteiger charge is -2.29. The Morgan fingerprint density at radius 3 is 2.82 bits per heavy atom. The molecule has 0 amide bonds. The number of aliphatic hydroxyl groups is 1. The van der Waals surface area contributed by atoms with Gasteiger partial charge in [0.15, 0.2) is 0 Å². The summed E-state index contributed by atoms with van der Waals surface area (Å²) in [6, 6.07) is 7.57. The quantitative estimate of drug-likeness (QED) is 0.907. The van der Waals surface area contributed by atoms with Crippen LogP contribution in [0.3, 0.4) is 0 Å². The summed E-state index contributed by atoms with van der Waals surface area (Å²) >= 11 is 3.43. The summed E-state index contributed by atoms with van der Waals surface area (Å²) in [7, 11) is 0. The van der Waals surface area contributed by atoms with Gasteiger partial charge in [-0.15, -0.1) is 0 Å². The molecule has 1 fully saturated rings. The second-order valence-corrected chi connectivity index (χ2v) is 5.77. The number of aliphatic hydroxyl groups excluding tert-OH is 1. The molecular weight excluding hydrogens is 280 g/mol. The lowest BCUT2D eigenvalue weighted by molar-refractivity contribution is -0.129. The molecule has 3 heteroatoms. The van der Waals surface area contributed by atoms with E-state index in [2.05, 4.69) is 22.9 Å². The number of benzene rings is 1. The highest BCUT2D eigenvalue weighted by atomic mass is 79.9. The molecule has 0 saturated heterocycles. The number of rotatable bonds is 2.